The van der Waals surface area contributed by atoms with Gasteiger partial charge >= 0.3 is 0 Å². The van der Waals surface area contributed by atoms with Crippen LogP contribution in [0.15, 0.2) is 0 Å². The maximum atomic E-state index is 5.67. The predicted molar refractivity (Wildman–Crippen MR) is 49.8 cm³/mol. The Balaban J connectivity index is 3.01. The number of terminal acetylenes is 1. The first kappa shape index (κ1) is 9.17. The average Bonchev–Trinajstić information content (AvgIpc) is 2.50. The van der Waals surface area contributed by atoms with Crippen molar-refractivity contribution < 1.29 is 0 Å². The van der Waals surface area contributed by atoms with Crippen molar-refractivity contribution in [3.8, 4) is 12.3 Å². The Kier molecular flexibility index (Phi) is 2.79. The molecule has 0 saturated carbocycles. The first-order valence-electron chi connectivity index (χ1n) is 3.70. The van der Waals surface area contributed by atoms with Crippen LogP contribution in [0, 0.1) is 12.3 Å². The summed E-state index contributed by atoms with van der Waals surface area (Å²) in [5.41, 5.74) is 6.59. The molecule has 4 heteroatoms. The van der Waals surface area contributed by atoms with Crippen LogP contribution in [0.4, 0.5) is 0 Å². The largest absolute Gasteiger partial charge is 0.313 e. The lowest BCUT2D eigenvalue weighted by molar-refractivity contribution is 0.783. The third-order valence-electron chi connectivity index (χ3n) is 1.55. The van der Waals surface area contributed by atoms with Gasteiger partial charge in [0.25, 0.3) is 0 Å². The van der Waals surface area contributed by atoms with Gasteiger partial charge in [-0.05, 0) is 17.5 Å². The lowest BCUT2D eigenvalue weighted by Crippen LogP contribution is -2.08. The molecule has 3 nitrogen and oxygen atoms in total. The van der Waals surface area contributed by atoms with E-state index in [1.54, 1.807) is 0 Å². The zero-order valence-electron chi connectivity index (χ0n) is 7.11. The van der Waals surface area contributed by atoms with E-state index in [0.717, 1.165) is 10.6 Å². The molecule has 1 aromatic heterocycles. The molecular formula is C8H11N3S. The summed E-state index contributed by atoms with van der Waals surface area (Å²) in [6.07, 6.45) is 5.21. The highest BCUT2D eigenvalue weighted by atomic mass is 32.1. The van der Waals surface area contributed by atoms with Gasteiger partial charge in [-0.3, -0.25) is 0 Å². The fraction of sp³-hybridized carbons (Fsp3) is 0.500. The van der Waals surface area contributed by atoms with E-state index >= 15 is 0 Å². The van der Waals surface area contributed by atoms with Crippen molar-refractivity contribution in [3.63, 3.8) is 0 Å². The third kappa shape index (κ3) is 1.63. The molecule has 0 aliphatic rings. The second kappa shape index (κ2) is 3.65. The van der Waals surface area contributed by atoms with Crippen LogP contribution in [-0.2, 0) is 0 Å². The molecule has 0 bridgehead atoms. The summed E-state index contributed by atoms with van der Waals surface area (Å²) in [6.45, 7) is 4.09. The van der Waals surface area contributed by atoms with Gasteiger partial charge in [-0.1, -0.05) is 24.3 Å². The molecule has 0 amide bonds. The highest BCUT2D eigenvalue weighted by molar-refractivity contribution is 7.05. The van der Waals surface area contributed by atoms with E-state index in [1.165, 1.54) is 11.5 Å². The van der Waals surface area contributed by atoms with E-state index in [2.05, 4.69) is 15.5 Å². The first-order valence-corrected chi connectivity index (χ1v) is 4.48. The van der Waals surface area contributed by atoms with Crippen molar-refractivity contribution in [2.75, 3.05) is 0 Å². The summed E-state index contributed by atoms with van der Waals surface area (Å²) in [5, 5.41) is 3.98. The van der Waals surface area contributed by atoms with Crippen molar-refractivity contribution in [2.24, 2.45) is 5.73 Å². The van der Waals surface area contributed by atoms with Crippen LogP contribution in [0.2, 0.25) is 0 Å². The minimum atomic E-state index is -0.359. The van der Waals surface area contributed by atoms with Crippen molar-refractivity contribution >= 4 is 11.5 Å². The Labute approximate surface area is 76.1 Å². The van der Waals surface area contributed by atoms with Gasteiger partial charge < -0.3 is 5.73 Å². The number of hydrogen-bond donors (Lipinski definition) is 1. The van der Waals surface area contributed by atoms with E-state index in [4.69, 9.17) is 12.2 Å². The van der Waals surface area contributed by atoms with E-state index in [-0.39, 0.29) is 6.04 Å². The molecule has 64 valence electrons. The maximum absolute atomic E-state index is 5.67. The fourth-order valence-electron chi connectivity index (χ4n) is 0.896. The molecule has 0 saturated heterocycles. The Morgan fingerprint density at radius 3 is 2.75 bits per heavy atom. The van der Waals surface area contributed by atoms with Gasteiger partial charge in [0.15, 0.2) is 0 Å². The molecule has 1 heterocycles. The Morgan fingerprint density at radius 2 is 2.25 bits per heavy atom. The zero-order chi connectivity index (χ0) is 9.14. The number of rotatable bonds is 2. The fourth-order valence-corrected chi connectivity index (χ4v) is 1.66. The molecule has 1 rings (SSSR count). The molecule has 1 unspecified atom stereocenters. The number of hydrogen-bond acceptors (Lipinski definition) is 4. The lowest BCUT2D eigenvalue weighted by Gasteiger charge is -2.05. The zero-order valence-corrected chi connectivity index (χ0v) is 7.93. The molecule has 1 atom stereocenters. The minimum absolute atomic E-state index is 0.332. The minimum Gasteiger partial charge on any atom is -0.313 e. The second-order valence-electron chi connectivity index (χ2n) is 2.82. The predicted octanol–water partition coefficient (Wildman–Crippen LogP) is 1.29. The second-order valence-corrected chi connectivity index (χ2v) is 3.61. The summed E-state index contributed by atoms with van der Waals surface area (Å²) in [4.78, 5) is 0.910. The third-order valence-corrected chi connectivity index (χ3v) is 2.37. The van der Waals surface area contributed by atoms with Gasteiger partial charge in [0.2, 0.25) is 0 Å². The quantitative estimate of drug-likeness (QED) is 0.699. The lowest BCUT2D eigenvalue weighted by atomic mass is 10.1. The normalized spacial score (nSPS) is 12.9. The van der Waals surface area contributed by atoms with Crippen molar-refractivity contribution in [2.45, 2.75) is 25.8 Å². The van der Waals surface area contributed by atoms with E-state index in [9.17, 15) is 0 Å². The van der Waals surface area contributed by atoms with E-state index < -0.39 is 0 Å². The molecule has 0 spiro atoms. The van der Waals surface area contributed by atoms with Crippen LogP contribution in [-0.4, -0.2) is 9.59 Å². The molecule has 0 aliphatic carbocycles. The smallest absolute Gasteiger partial charge is 0.105 e. The maximum Gasteiger partial charge on any atom is 0.105 e. The highest BCUT2D eigenvalue weighted by Crippen LogP contribution is 2.23. The van der Waals surface area contributed by atoms with Crippen molar-refractivity contribution in [1.82, 2.24) is 9.59 Å². The molecule has 0 aliphatic heterocycles. The molecule has 12 heavy (non-hydrogen) atoms. The number of nitrogens with zero attached hydrogens (tertiary/aromatic N) is 2. The van der Waals surface area contributed by atoms with Crippen LogP contribution in [0.3, 0.4) is 0 Å². The van der Waals surface area contributed by atoms with E-state index in [1.807, 2.05) is 13.8 Å². The average molecular weight is 181 g/mol. The van der Waals surface area contributed by atoms with Gasteiger partial charge in [-0.2, -0.15) is 0 Å². The number of nitrogens with two attached hydrogens (primary N) is 1. The van der Waals surface area contributed by atoms with Crippen LogP contribution in [0.25, 0.3) is 0 Å². The SMILES string of the molecule is C#CC(N)c1snnc1C(C)C. The first-order chi connectivity index (χ1) is 5.66. The number of aromatic nitrogens is 2. The molecular weight excluding hydrogens is 170 g/mol. The summed E-state index contributed by atoms with van der Waals surface area (Å²) < 4.78 is 3.83. The van der Waals surface area contributed by atoms with Crippen molar-refractivity contribution in [3.05, 3.63) is 10.6 Å². The Bertz CT molecular complexity index is 297. The molecule has 1 aromatic rings. The van der Waals surface area contributed by atoms with Gasteiger partial charge in [0.05, 0.1) is 10.6 Å². The van der Waals surface area contributed by atoms with Gasteiger partial charge in [0, 0.05) is 0 Å². The summed E-state index contributed by atoms with van der Waals surface area (Å²) in [7, 11) is 0. The summed E-state index contributed by atoms with van der Waals surface area (Å²) in [6, 6.07) is -0.359. The molecule has 0 radical (unpaired) electrons. The van der Waals surface area contributed by atoms with Crippen molar-refractivity contribution in [1.29, 1.82) is 0 Å². The summed E-state index contributed by atoms with van der Waals surface area (Å²) >= 11 is 1.28. The molecule has 0 fully saturated rings. The Hall–Kier alpha value is -0.920. The molecule has 2 N–H and O–H groups in total. The van der Waals surface area contributed by atoms with Gasteiger partial charge in [0.1, 0.15) is 6.04 Å². The standard InChI is InChI=1S/C8H11N3S/c1-4-6(9)8-7(5(2)3)10-11-12-8/h1,5-6H,9H2,2-3H3. The van der Waals surface area contributed by atoms with Crippen LogP contribution < -0.4 is 5.73 Å². The van der Waals surface area contributed by atoms with Crippen LogP contribution in [0.1, 0.15) is 36.4 Å². The molecule has 0 aromatic carbocycles. The Morgan fingerprint density at radius 1 is 1.58 bits per heavy atom. The van der Waals surface area contributed by atoms with E-state index in [0.29, 0.717) is 5.92 Å². The highest BCUT2D eigenvalue weighted by Gasteiger charge is 2.15. The van der Waals surface area contributed by atoms with Gasteiger partial charge in [-0.15, -0.1) is 11.5 Å². The van der Waals surface area contributed by atoms with Crippen LogP contribution >= 0.6 is 11.5 Å². The van der Waals surface area contributed by atoms with Crippen LogP contribution in [0.5, 0.6) is 0 Å². The summed E-state index contributed by atoms with van der Waals surface area (Å²) in [5.74, 6) is 2.80. The monoisotopic (exact) mass is 181 g/mol. The topological polar surface area (TPSA) is 51.8 Å². The van der Waals surface area contributed by atoms with Gasteiger partial charge in [-0.25, -0.2) is 0 Å².